The van der Waals surface area contributed by atoms with Crippen LogP contribution in [0, 0.1) is 0 Å². The fraction of sp³-hybridized carbons (Fsp3) is 0.389. The number of benzene rings is 2. The molecule has 1 N–H and O–H groups in total. The van der Waals surface area contributed by atoms with E-state index in [4.69, 9.17) is 4.74 Å². The van der Waals surface area contributed by atoms with Gasteiger partial charge in [0, 0.05) is 6.04 Å². The quantitative estimate of drug-likeness (QED) is 0.905. The number of amides is 1. The van der Waals surface area contributed by atoms with Crippen LogP contribution < -0.4 is 10.1 Å². The molecule has 2 aromatic carbocycles. The third-order valence-electron chi connectivity index (χ3n) is 3.97. The first kappa shape index (κ1) is 15.4. The van der Waals surface area contributed by atoms with Gasteiger partial charge in [0.25, 0.3) is 0 Å². The lowest BCUT2D eigenvalue weighted by Crippen LogP contribution is -2.35. The molecule has 0 unspecified atom stereocenters. The Bertz CT molecular complexity index is 636. The third-order valence-corrected chi connectivity index (χ3v) is 3.97. The number of hydrogen-bond acceptors (Lipinski definition) is 2. The minimum absolute atomic E-state index is 0.0808. The summed E-state index contributed by atoms with van der Waals surface area (Å²) in [4.78, 5) is 12.2. The summed E-state index contributed by atoms with van der Waals surface area (Å²) in [6.07, 6.45) is 0.940. The summed E-state index contributed by atoms with van der Waals surface area (Å²) in [5, 5.41) is 5.28. The molecule has 0 aliphatic heterocycles. The first-order valence-corrected chi connectivity index (χ1v) is 7.43. The Balaban J connectivity index is 2.24. The largest absolute Gasteiger partial charge is 0.497 e. The molecule has 0 bridgehead atoms. The van der Waals surface area contributed by atoms with Crippen molar-refractivity contribution < 1.29 is 9.53 Å². The van der Waals surface area contributed by atoms with Gasteiger partial charge in [-0.05, 0) is 48.7 Å². The normalized spacial score (nSPS) is 13.7. The predicted octanol–water partition coefficient (Wildman–Crippen LogP) is 3.87. The highest BCUT2D eigenvalue weighted by atomic mass is 16.5. The summed E-state index contributed by atoms with van der Waals surface area (Å²) in [6, 6.07) is 12.3. The van der Waals surface area contributed by atoms with E-state index >= 15 is 0 Å². The highest BCUT2D eigenvalue weighted by Gasteiger charge is 2.16. The van der Waals surface area contributed by atoms with Gasteiger partial charge < -0.3 is 10.1 Å². The number of fused-ring (bicyclic) bond motifs is 1. The second kappa shape index (κ2) is 6.61. The highest BCUT2D eigenvalue weighted by molar-refractivity contribution is 5.88. The summed E-state index contributed by atoms with van der Waals surface area (Å²) in [6.45, 7) is 6.04. The van der Waals surface area contributed by atoms with Crippen molar-refractivity contribution in [1.82, 2.24) is 5.32 Å². The smallest absolute Gasteiger partial charge is 0.227 e. The van der Waals surface area contributed by atoms with Crippen molar-refractivity contribution in [1.29, 1.82) is 0 Å². The highest BCUT2D eigenvalue weighted by Crippen LogP contribution is 2.25. The van der Waals surface area contributed by atoms with Crippen LogP contribution in [0.1, 0.15) is 38.7 Å². The molecule has 3 nitrogen and oxygen atoms in total. The van der Waals surface area contributed by atoms with Crippen LogP contribution in [0.3, 0.4) is 0 Å². The molecule has 2 atom stereocenters. The maximum Gasteiger partial charge on any atom is 0.227 e. The summed E-state index contributed by atoms with van der Waals surface area (Å²) < 4.78 is 5.23. The standard InChI is InChI=1S/C18H23NO2/c1-5-12(2)19-18(20)13(3)14-6-7-16-11-17(21-4)9-8-15(16)10-14/h6-13H,5H2,1-4H3,(H,19,20)/t12-,13+/m0/s1. The predicted molar refractivity (Wildman–Crippen MR) is 86.8 cm³/mol. The first-order chi connectivity index (χ1) is 10.0. The zero-order valence-electron chi connectivity index (χ0n) is 13.1. The lowest BCUT2D eigenvalue weighted by molar-refractivity contribution is -0.122. The maximum absolute atomic E-state index is 12.2. The molecule has 0 saturated carbocycles. The van der Waals surface area contributed by atoms with E-state index < -0.39 is 0 Å². The SMILES string of the molecule is CC[C@H](C)NC(=O)[C@H](C)c1ccc2cc(OC)ccc2c1. The molecular formula is C18H23NO2. The van der Waals surface area contributed by atoms with Gasteiger partial charge in [-0.15, -0.1) is 0 Å². The molecule has 0 heterocycles. The van der Waals surface area contributed by atoms with Crippen molar-refractivity contribution in [2.24, 2.45) is 0 Å². The number of nitrogens with one attached hydrogen (secondary N) is 1. The lowest BCUT2D eigenvalue weighted by atomic mass is 9.96. The number of rotatable bonds is 5. The molecule has 0 fully saturated rings. The van der Waals surface area contributed by atoms with Gasteiger partial charge in [0.05, 0.1) is 13.0 Å². The number of methoxy groups -OCH3 is 1. The van der Waals surface area contributed by atoms with Gasteiger partial charge in [0.2, 0.25) is 5.91 Å². The van der Waals surface area contributed by atoms with E-state index in [1.165, 1.54) is 0 Å². The Labute approximate surface area is 126 Å². The Morgan fingerprint density at radius 1 is 1.14 bits per heavy atom. The number of carbonyl (C=O) groups is 1. The van der Waals surface area contributed by atoms with Crippen molar-refractivity contribution >= 4 is 16.7 Å². The van der Waals surface area contributed by atoms with E-state index in [1.807, 2.05) is 44.2 Å². The fourth-order valence-corrected chi connectivity index (χ4v) is 2.26. The molecule has 1 amide bonds. The fourth-order valence-electron chi connectivity index (χ4n) is 2.26. The molecule has 2 rings (SSSR count). The van der Waals surface area contributed by atoms with Crippen molar-refractivity contribution in [3.63, 3.8) is 0 Å². The molecule has 112 valence electrons. The first-order valence-electron chi connectivity index (χ1n) is 7.43. The van der Waals surface area contributed by atoms with Crippen LogP contribution in [-0.2, 0) is 4.79 Å². The molecule has 3 heteroatoms. The van der Waals surface area contributed by atoms with Crippen LogP contribution in [0.5, 0.6) is 5.75 Å². The number of ether oxygens (including phenoxy) is 1. The van der Waals surface area contributed by atoms with Crippen LogP contribution in [0.25, 0.3) is 10.8 Å². The van der Waals surface area contributed by atoms with Crippen molar-refractivity contribution in [3.05, 3.63) is 42.0 Å². The van der Waals surface area contributed by atoms with E-state index in [2.05, 4.69) is 18.3 Å². The average molecular weight is 285 g/mol. The monoisotopic (exact) mass is 285 g/mol. The molecular weight excluding hydrogens is 262 g/mol. The van der Waals surface area contributed by atoms with Gasteiger partial charge in [0.15, 0.2) is 0 Å². The van der Waals surface area contributed by atoms with E-state index in [9.17, 15) is 4.79 Å². The van der Waals surface area contributed by atoms with Gasteiger partial charge in [0.1, 0.15) is 5.75 Å². The Kier molecular flexibility index (Phi) is 4.84. The molecule has 0 radical (unpaired) electrons. The minimum Gasteiger partial charge on any atom is -0.497 e. The summed E-state index contributed by atoms with van der Waals surface area (Å²) >= 11 is 0. The Morgan fingerprint density at radius 2 is 1.81 bits per heavy atom. The van der Waals surface area contributed by atoms with Crippen molar-refractivity contribution in [2.45, 2.75) is 39.2 Å². The Hall–Kier alpha value is -2.03. The second-order valence-corrected chi connectivity index (χ2v) is 5.51. The van der Waals surface area contributed by atoms with E-state index in [1.54, 1.807) is 7.11 Å². The molecule has 0 saturated heterocycles. The zero-order valence-corrected chi connectivity index (χ0v) is 13.1. The van der Waals surface area contributed by atoms with E-state index in [-0.39, 0.29) is 17.9 Å². The van der Waals surface area contributed by atoms with Crippen LogP contribution in [-0.4, -0.2) is 19.1 Å². The van der Waals surface area contributed by atoms with Crippen LogP contribution in [0.15, 0.2) is 36.4 Å². The molecule has 0 aromatic heterocycles. The molecule has 0 aliphatic carbocycles. The zero-order chi connectivity index (χ0) is 15.4. The number of carbonyl (C=O) groups excluding carboxylic acids is 1. The van der Waals surface area contributed by atoms with Gasteiger partial charge in [-0.25, -0.2) is 0 Å². The molecule has 0 aliphatic rings. The van der Waals surface area contributed by atoms with Crippen molar-refractivity contribution in [3.8, 4) is 5.75 Å². The van der Waals surface area contributed by atoms with Gasteiger partial charge in [-0.1, -0.05) is 31.2 Å². The summed E-state index contributed by atoms with van der Waals surface area (Å²) in [7, 11) is 1.66. The topological polar surface area (TPSA) is 38.3 Å². The maximum atomic E-state index is 12.2. The summed E-state index contributed by atoms with van der Waals surface area (Å²) in [5.41, 5.74) is 1.04. The van der Waals surface area contributed by atoms with Crippen LogP contribution >= 0.6 is 0 Å². The molecule has 0 spiro atoms. The van der Waals surface area contributed by atoms with Gasteiger partial charge in [-0.3, -0.25) is 4.79 Å². The van der Waals surface area contributed by atoms with Crippen LogP contribution in [0.2, 0.25) is 0 Å². The van der Waals surface area contributed by atoms with E-state index in [0.29, 0.717) is 0 Å². The number of hydrogen-bond donors (Lipinski definition) is 1. The van der Waals surface area contributed by atoms with Crippen LogP contribution in [0.4, 0.5) is 0 Å². The van der Waals surface area contributed by atoms with E-state index in [0.717, 1.165) is 28.5 Å². The summed E-state index contributed by atoms with van der Waals surface area (Å²) in [5.74, 6) is 0.778. The molecule has 21 heavy (non-hydrogen) atoms. The third kappa shape index (κ3) is 3.54. The van der Waals surface area contributed by atoms with Crippen molar-refractivity contribution in [2.75, 3.05) is 7.11 Å². The Morgan fingerprint density at radius 3 is 2.48 bits per heavy atom. The van der Waals surface area contributed by atoms with Gasteiger partial charge in [-0.2, -0.15) is 0 Å². The lowest BCUT2D eigenvalue weighted by Gasteiger charge is -2.17. The molecule has 2 aromatic rings. The average Bonchev–Trinajstić information content (AvgIpc) is 2.52. The minimum atomic E-state index is -0.148. The second-order valence-electron chi connectivity index (χ2n) is 5.51. The van der Waals surface area contributed by atoms with Gasteiger partial charge >= 0.3 is 0 Å².